The Morgan fingerprint density at radius 3 is 2.58 bits per heavy atom. The molecule has 7 heteroatoms. The van der Waals surface area contributed by atoms with Crippen molar-refractivity contribution in [3.8, 4) is 0 Å². The molecule has 0 atom stereocenters. The maximum Gasteiger partial charge on any atom is 0.295 e. The fourth-order valence-corrected chi connectivity index (χ4v) is 2.45. The number of pyridine rings is 1. The molecule has 0 saturated heterocycles. The lowest BCUT2D eigenvalue weighted by Crippen LogP contribution is -2.32. The quantitative estimate of drug-likeness (QED) is 0.745. The van der Waals surface area contributed by atoms with Gasteiger partial charge in [-0.25, -0.2) is 4.39 Å². The number of nitrogens with zero attached hydrogens (tertiary/aromatic N) is 1. The standard InChI is InChI=1S/C19H14ClFN2O3/c20-15-8-2-1-6-13(15)12-26-23-11-5-7-14(19(23)25)18(24)22-17-10-4-3-9-16(17)21/h1-11H,12H2,(H,22,24). The van der Waals surface area contributed by atoms with Gasteiger partial charge in [0.1, 0.15) is 18.0 Å². The van der Waals surface area contributed by atoms with Crippen LogP contribution in [-0.4, -0.2) is 10.6 Å². The van der Waals surface area contributed by atoms with Gasteiger partial charge in [-0.2, -0.15) is 4.73 Å². The molecule has 0 aliphatic rings. The lowest BCUT2D eigenvalue weighted by Gasteiger charge is -2.11. The number of nitrogens with one attached hydrogen (secondary N) is 1. The van der Waals surface area contributed by atoms with Crippen molar-refractivity contribution >= 4 is 23.2 Å². The summed E-state index contributed by atoms with van der Waals surface area (Å²) in [6.07, 6.45) is 1.39. The Bertz CT molecular complexity index is 1000. The predicted octanol–water partition coefficient (Wildman–Crippen LogP) is 3.52. The lowest BCUT2D eigenvalue weighted by molar-refractivity contribution is 0.0864. The van der Waals surface area contributed by atoms with Crippen molar-refractivity contribution in [1.82, 2.24) is 4.73 Å². The van der Waals surface area contributed by atoms with E-state index in [1.807, 2.05) is 0 Å². The Balaban J connectivity index is 1.79. The first kappa shape index (κ1) is 17.7. The summed E-state index contributed by atoms with van der Waals surface area (Å²) in [5.74, 6) is -1.32. The normalized spacial score (nSPS) is 10.4. The Labute approximate surface area is 153 Å². The van der Waals surface area contributed by atoms with Gasteiger partial charge in [0.15, 0.2) is 0 Å². The number of aromatic nitrogens is 1. The molecule has 132 valence electrons. The van der Waals surface area contributed by atoms with Crippen molar-refractivity contribution in [3.63, 3.8) is 0 Å². The Morgan fingerprint density at radius 1 is 1.08 bits per heavy atom. The third-order valence-corrected chi connectivity index (χ3v) is 3.97. The topological polar surface area (TPSA) is 60.3 Å². The van der Waals surface area contributed by atoms with Gasteiger partial charge in [-0.05, 0) is 30.3 Å². The molecular formula is C19H14ClFN2O3. The van der Waals surface area contributed by atoms with Gasteiger partial charge in [0.25, 0.3) is 11.5 Å². The fraction of sp³-hybridized carbons (Fsp3) is 0.0526. The van der Waals surface area contributed by atoms with E-state index in [2.05, 4.69) is 5.32 Å². The molecular weight excluding hydrogens is 359 g/mol. The Morgan fingerprint density at radius 2 is 1.81 bits per heavy atom. The first-order valence-electron chi connectivity index (χ1n) is 7.70. The van der Waals surface area contributed by atoms with Crippen molar-refractivity contribution in [1.29, 1.82) is 0 Å². The molecule has 1 aromatic heterocycles. The maximum atomic E-state index is 13.7. The number of benzene rings is 2. The van der Waals surface area contributed by atoms with Gasteiger partial charge in [-0.3, -0.25) is 9.59 Å². The van der Waals surface area contributed by atoms with Gasteiger partial charge in [-0.15, -0.1) is 0 Å². The van der Waals surface area contributed by atoms with Gasteiger partial charge in [0.05, 0.1) is 5.69 Å². The van der Waals surface area contributed by atoms with Gasteiger partial charge in [0.2, 0.25) is 0 Å². The first-order valence-corrected chi connectivity index (χ1v) is 8.08. The van der Waals surface area contributed by atoms with Crippen LogP contribution in [0.4, 0.5) is 10.1 Å². The summed E-state index contributed by atoms with van der Waals surface area (Å²) in [6, 6.07) is 15.6. The molecule has 2 aromatic carbocycles. The molecule has 3 rings (SSSR count). The molecule has 1 N–H and O–H groups in total. The summed E-state index contributed by atoms with van der Waals surface area (Å²) in [5, 5.41) is 2.88. The molecule has 5 nitrogen and oxygen atoms in total. The summed E-state index contributed by atoms with van der Waals surface area (Å²) < 4.78 is 14.6. The molecule has 0 spiro atoms. The van der Waals surface area contributed by atoms with E-state index in [4.69, 9.17) is 16.4 Å². The number of hydrogen-bond donors (Lipinski definition) is 1. The highest BCUT2D eigenvalue weighted by atomic mass is 35.5. The van der Waals surface area contributed by atoms with Crippen molar-refractivity contribution in [2.45, 2.75) is 6.61 Å². The monoisotopic (exact) mass is 372 g/mol. The molecule has 0 bridgehead atoms. The molecule has 1 amide bonds. The molecule has 0 aliphatic heterocycles. The smallest absolute Gasteiger partial charge is 0.295 e. The second kappa shape index (κ2) is 7.84. The molecule has 0 radical (unpaired) electrons. The van der Waals surface area contributed by atoms with Crippen LogP contribution >= 0.6 is 11.6 Å². The van der Waals surface area contributed by atoms with E-state index in [1.165, 1.54) is 36.5 Å². The van der Waals surface area contributed by atoms with Crippen LogP contribution in [0.5, 0.6) is 0 Å². The van der Waals surface area contributed by atoms with Crippen LogP contribution in [0.25, 0.3) is 0 Å². The summed E-state index contributed by atoms with van der Waals surface area (Å²) >= 11 is 6.05. The molecule has 3 aromatic rings. The third kappa shape index (κ3) is 3.92. The molecule has 0 aliphatic carbocycles. The summed E-state index contributed by atoms with van der Waals surface area (Å²) in [5.41, 5.74) is -0.144. The van der Waals surface area contributed by atoms with E-state index in [-0.39, 0.29) is 17.9 Å². The van der Waals surface area contributed by atoms with Gasteiger partial charge in [-0.1, -0.05) is 41.9 Å². The largest absolute Gasteiger partial charge is 0.406 e. The van der Waals surface area contributed by atoms with Crippen molar-refractivity contribution < 1.29 is 14.0 Å². The van der Waals surface area contributed by atoms with Gasteiger partial charge < -0.3 is 10.2 Å². The zero-order valence-electron chi connectivity index (χ0n) is 13.5. The zero-order chi connectivity index (χ0) is 18.5. The van der Waals surface area contributed by atoms with E-state index >= 15 is 0 Å². The maximum absolute atomic E-state index is 13.7. The fourth-order valence-electron chi connectivity index (χ4n) is 2.26. The van der Waals surface area contributed by atoms with Crippen LogP contribution in [0.1, 0.15) is 15.9 Å². The zero-order valence-corrected chi connectivity index (χ0v) is 14.2. The van der Waals surface area contributed by atoms with E-state index in [0.29, 0.717) is 10.6 Å². The minimum absolute atomic E-state index is 0.00992. The van der Waals surface area contributed by atoms with Crippen LogP contribution in [0.3, 0.4) is 0 Å². The number of para-hydroxylation sites is 1. The molecule has 0 saturated carbocycles. The number of halogens is 2. The second-order valence-electron chi connectivity index (χ2n) is 5.35. The highest BCUT2D eigenvalue weighted by Gasteiger charge is 2.14. The average molecular weight is 373 g/mol. The minimum Gasteiger partial charge on any atom is -0.406 e. The van der Waals surface area contributed by atoms with E-state index in [0.717, 1.165) is 4.73 Å². The van der Waals surface area contributed by atoms with Crippen molar-refractivity contribution in [3.05, 3.63) is 99.2 Å². The number of hydrogen-bond acceptors (Lipinski definition) is 3. The summed E-state index contributed by atoms with van der Waals surface area (Å²) in [4.78, 5) is 30.2. The lowest BCUT2D eigenvalue weighted by atomic mass is 10.2. The highest BCUT2D eigenvalue weighted by molar-refractivity contribution is 6.31. The predicted molar refractivity (Wildman–Crippen MR) is 96.8 cm³/mol. The first-order chi connectivity index (χ1) is 12.6. The van der Waals surface area contributed by atoms with Crippen LogP contribution in [0.2, 0.25) is 5.02 Å². The molecule has 1 heterocycles. The van der Waals surface area contributed by atoms with Crippen molar-refractivity contribution in [2.75, 3.05) is 5.32 Å². The number of anilines is 1. The number of carbonyl (C=O) groups is 1. The van der Waals surface area contributed by atoms with Crippen LogP contribution in [0, 0.1) is 5.82 Å². The van der Waals surface area contributed by atoms with E-state index < -0.39 is 17.3 Å². The van der Waals surface area contributed by atoms with Crippen LogP contribution in [0.15, 0.2) is 71.7 Å². The molecule has 26 heavy (non-hydrogen) atoms. The van der Waals surface area contributed by atoms with Crippen LogP contribution < -0.4 is 15.7 Å². The third-order valence-electron chi connectivity index (χ3n) is 3.60. The second-order valence-corrected chi connectivity index (χ2v) is 5.76. The Kier molecular flexibility index (Phi) is 5.34. The van der Waals surface area contributed by atoms with Gasteiger partial charge >= 0.3 is 0 Å². The summed E-state index contributed by atoms with van der Waals surface area (Å²) in [7, 11) is 0. The van der Waals surface area contributed by atoms with Crippen molar-refractivity contribution in [2.24, 2.45) is 0 Å². The number of carbonyl (C=O) groups excluding carboxylic acids is 1. The van der Waals surface area contributed by atoms with E-state index in [1.54, 1.807) is 30.3 Å². The number of amides is 1. The van der Waals surface area contributed by atoms with Gasteiger partial charge in [0, 0.05) is 16.8 Å². The molecule has 0 fully saturated rings. The Hall–Kier alpha value is -3.12. The molecule has 0 unspecified atom stereocenters. The SMILES string of the molecule is O=C(Nc1ccccc1F)c1cccn(OCc2ccccc2Cl)c1=O. The number of rotatable bonds is 5. The minimum atomic E-state index is -0.726. The average Bonchev–Trinajstić information content (AvgIpc) is 2.64. The van der Waals surface area contributed by atoms with E-state index in [9.17, 15) is 14.0 Å². The van der Waals surface area contributed by atoms with Crippen LogP contribution in [-0.2, 0) is 6.61 Å². The summed E-state index contributed by atoms with van der Waals surface area (Å²) in [6.45, 7) is 0.0535. The highest BCUT2D eigenvalue weighted by Crippen LogP contribution is 2.15.